The Morgan fingerprint density at radius 3 is 2.33 bits per heavy atom. The predicted molar refractivity (Wildman–Crippen MR) is 101 cm³/mol. The number of carbonyl (C=O) groups excluding carboxylic acids is 2. The van der Waals surface area contributed by atoms with Crippen LogP contribution in [0, 0.1) is 0 Å². The molecule has 1 aromatic carbocycles. The molecule has 1 aromatic rings. The maximum absolute atomic E-state index is 12.6. The van der Waals surface area contributed by atoms with Gasteiger partial charge in [0.15, 0.2) is 9.84 Å². The van der Waals surface area contributed by atoms with Crippen molar-refractivity contribution < 1.29 is 27.5 Å². The van der Waals surface area contributed by atoms with E-state index in [-0.39, 0.29) is 19.6 Å². The molecule has 1 heterocycles. The lowest BCUT2D eigenvalue weighted by atomic mass is 10.0. The number of piperidine rings is 1. The van der Waals surface area contributed by atoms with Gasteiger partial charge in [-0.1, -0.05) is 30.3 Å². The summed E-state index contributed by atoms with van der Waals surface area (Å²) in [6.07, 6.45) is 0.935. The zero-order chi connectivity index (χ0) is 20.2. The molecule has 0 saturated carbocycles. The van der Waals surface area contributed by atoms with Crippen molar-refractivity contribution in [2.75, 3.05) is 12.8 Å². The van der Waals surface area contributed by atoms with Crippen molar-refractivity contribution in [3.63, 3.8) is 0 Å². The van der Waals surface area contributed by atoms with E-state index in [1.54, 1.807) is 20.8 Å². The molecule has 1 saturated heterocycles. The van der Waals surface area contributed by atoms with Crippen molar-refractivity contribution >= 4 is 21.9 Å². The van der Waals surface area contributed by atoms with Crippen molar-refractivity contribution in [3.05, 3.63) is 35.9 Å². The topological polar surface area (TPSA) is 90.0 Å². The standard InChI is InChI=1S/C19H27NO6S/c1-19(2,3)26-18(22)20-12-15(27(4,23)24)10-11-16(20)17(21)25-13-14-8-6-5-7-9-14/h5-9,15-16H,10-13H2,1-4H3. The molecule has 1 aliphatic heterocycles. The van der Waals surface area contributed by atoms with Gasteiger partial charge in [0, 0.05) is 12.8 Å². The van der Waals surface area contributed by atoms with Gasteiger partial charge in [0.05, 0.1) is 5.25 Å². The summed E-state index contributed by atoms with van der Waals surface area (Å²) in [4.78, 5) is 26.4. The lowest BCUT2D eigenvalue weighted by Gasteiger charge is -2.38. The Kier molecular flexibility index (Phi) is 6.51. The van der Waals surface area contributed by atoms with Crippen LogP contribution in [0.4, 0.5) is 4.79 Å². The van der Waals surface area contributed by atoms with Gasteiger partial charge in [-0.05, 0) is 39.2 Å². The van der Waals surface area contributed by atoms with Crippen LogP contribution < -0.4 is 0 Å². The van der Waals surface area contributed by atoms with Gasteiger partial charge in [0.25, 0.3) is 0 Å². The number of ether oxygens (including phenoxy) is 2. The van der Waals surface area contributed by atoms with Crippen LogP contribution in [-0.2, 0) is 30.7 Å². The van der Waals surface area contributed by atoms with Crippen LogP contribution in [0.3, 0.4) is 0 Å². The van der Waals surface area contributed by atoms with Gasteiger partial charge in [-0.3, -0.25) is 4.90 Å². The quantitative estimate of drug-likeness (QED) is 0.725. The highest BCUT2D eigenvalue weighted by molar-refractivity contribution is 7.91. The van der Waals surface area contributed by atoms with Gasteiger partial charge in [0.2, 0.25) is 0 Å². The number of amides is 1. The Labute approximate surface area is 160 Å². The van der Waals surface area contributed by atoms with Crippen LogP contribution in [0.1, 0.15) is 39.2 Å². The van der Waals surface area contributed by atoms with E-state index in [0.717, 1.165) is 11.8 Å². The van der Waals surface area contributed by atoms with Crippen LogP contribution in [-0.4, -0.2) is 55.1 Å². The van der Waals surface area contributed by atoms with Crippen molar-refractivity contribution in [3.8, 4) is 0 Å². The number of hydrogen-bond acceptors (Lipinski definition) is 6. The SMILES string of the molecule is CC(C)(C)OC(=O)N1CC(S(C)(=O)=O)CCC1C(=O)OCc1ccccc1. The van der Waals surface area contributed by atoms with E-state index in [1.807, 2.05) is 30.3 Å². The summed E-state index contributed by atoms with van der Waals surface area (Å²) in [6.45, 7) is 5.15. The number of nitrogens with zero attached hydrogens (tertiary/aromatic N) is 1. The first-order valence-electron chi connectivity index (χ1n) is 8.86. The highest BCUT2D eigenvalue weighted by Crippen LogP contribution is 2.25. The van der Waals surface area contributed by atoms with Crippen LogP contribution in [0.5, 0.6) is 0 Å². The summed E-state index contributed by atoms with van der Waals surface area (Å²) in [5.74, 6) is -0.559. The van der Waals surface area contributed by atoms with E-state index < -0.39 is 38.8 Å². The fourth-order valence-corrected chi connectivity index (χ4v) is 3.87. The van der Waals surface area contributed by atoms with Crippen molar-refractivity contribution in [2.45, 2.75) is 57.1 Å². The Bertz CT molecular complexity index is 769. The monoisotopic (exact) mass is 397 g/mol. The molecule has 1 aliphatic rings. The lowest BCUT2D eigenvalue weighted by molar-refractivity contribution is -0.152. The Balaban J connectivity index is 2.13. The second kappa shape index (κ2) is 8.29. The smallest absolute Gasteiger partial charge is 0.411 e. The van der Waals surface area contributed by atoms with Gasteiger partial charge < -0.3 is 9.47 Å². The third-order valence-electron chi connectivity index (χ3n) is 4.27. The number of likely N-dealkylation sites (tertiary alicyclic amines) is 1. The molecule has 1 amide bonds. The summed E-state index contributed by atoms with van der Waals surface area (Å²) < 4.78 is 34.6. The fourth-order valence-electron chi connectivity index (χ4n) is 2.88. The van der Waals surface area contributed by atoms with E-state index >= 15 is 0 Å². The first-order chi connectivity index (χ1) is 12.5. The van der Waals surface area contributed by atoms with Crippen LogP contribution in [0.2, 0.25) is 0 Å². The van der Waals surface area contributed by atoms with Crippen molar-refractivity contribution in [1.29, 1.82) is 0 Å². The van der Waals surface area contributed by atoms with E-state index in [2.05, 4.69) is 0 Å². The molecule has 150 valence electrons. The molecule has 0 N–H and O–H groups in total. The average Bonchev–Trinajstić information content (AvgIpc) is 2.57. The molecule has 0 spiro atoms. The molecule has 2 rings (SSSR count). The lowest BCUT2D eigenvalue weighted by Crippen LogP contribution is -2.55. The molecule has 2 unspecified atom stereocenters. The molecular weight excluding hydrogens is 370 g/mol. The normalized spacial score (nSPS) is 20.8. The minimum absolute atomic E-state index is 0.0845. The Morgan fingerprint density at radius 1 is 1.15 bits per heavy atom. The highest BCUT2D eigenvalue weighted by atomic mass is 32.2. The average molecular weight is 397 g/mol. The summed E-state index contributed by atoms with van der Waals surface area (Å²) in [5.41, 5.74) is 0.0765. The third-order valence-corrected chi connectivity index (χ3v) is 5.86. The van der Waals surface area contributed by atoms with Gasteiger partial charge in [-0.2, -0.15) is 0 Å². The first kappa shape index (κ1) is 21.2. The zero-order valence-electron chi connectivity index (χ0n) is 16.2. The van der Waals surface area contributed by atoms with Crippen molar-refractivity contribution in [2.24, 2.45) is 0 Å². The largest absolute Gasteiger partial charge is 0.459 e. The first-order valence-corrected chi connectivity index (χ1v) is 10.8. The summed E-state index contributed by atoms with van der Waals surface area (Å²) >= 11 is 0. The molecule has 0 radical (unpaired) electrons. The highest BCUT2D eigenvalue weighted by Gasteiger charge is 2.41. The second-order valence-corrected chi connectivity index (χ2v) is 10.1. The number of benzene rings is 1. The fraction of sp³-hybridized carbons (Fsp3) is 0.579. The predicted octanol–water partition coefficient (Wildman–Crippen LogP) is 2.54. The van der Waals surface area contributed by atoms with E-state index in [9.17, 15) is 18.0 Å². The van der Waals surface area contributed by atoms with E-state index in [4.69, 9.17) is 9.47 Å². The molecule has 2 atom stereocenters. The zero-order valence-corrected chi connectivity index (χ0v) is 17.0. The molecule has 27 heavy (non-hydrogen) atoms. The summed E-state index contributed by atoms with van der Waals surface area (Å²) in [7, 11) is -3.34. The van der Waals surface area contributed by atoms with Gasteiger partial charge in [-0.25, -0.2) is 18.0 Å². The minimum Gasteiger partial charge on any atom is -0.459 e. The molecule has 0 aromatic heterocycles. The second-order valence-electron chi connectivity index (χ2n) is 7.77. The molecule has 7 nitrogen and oxygen atoms in total. The van der Waals surface area contributed by atoms with E-state index in [0.29, 0.717) is 6.42 Å². The summed E-state index contributed by atoms with van der Waals surface area (Å²) in [5, 5.41) is -0.719. The maximum atomic E-state index is 12.6. The number of hydrogen-bond donors (Lipinski definition) is 0. The number of carbonyl (C=O) groups is 2. The summed E-state index contributed by atoms with van der Waals surface area (Å²) in [6, 6.07) is 8.35. The van der Waals surface area contributed by atoms with Crippen LogP contribution in [0.15, 0.2) is 30.3 Å². The van der Waals surface area contributed by atoms with Gasteiger partial charge >= 0.3 is 12.1 Å². The maximum Gasteiger partial charge on any atom is 0.411 e. The molecule has 8 heteroatoms. The third kappa shape index (κ3) is 6.23. The van der Waals surface area contributed by atoms with E-state index in [1.165, 1.54) is 4.90 Å². The minimum atomic E-state index is -3.34. The van der Waals surface area contributed by atoms with Gasteiger partial charge in [-0.15, -0.1) is 0 Å². The van der Waals surface area contributed by atoms with Gasteiger partial charge in [0.1, 0.15) is 18.2 Å². The molecule has 0 bridgehead atoms. The van der Waals surface area contributed by atoms with Crippen molar-refractivity contribution in [1.82, 2.24) is 4.90 Å². The number of esters is 1. The Morgan fingerprint density at radius 2 is 1.78 bits per heavy atom. The number of sulfone groups is 1. The number of rotatable bonds is 4. The molecule has 1 fully saturated rings. The van der Waals surface area contributed by atoms with Crippen LogP contribution in [0.25, 0.3) is 0 Å². The Hall–Kier alpha value is -2.09. The molecule has 0 aliphatic carbocycles. The van der Waals surface area contributed by atoms with Crippen LogP contribution >= 0.6 is 0 Å². The molecular formula is C19H27NO6S.